The van der Waals surface area contributed by atoms with E-state index < -0.39 is 23.9 Å². The Bertz CT molecular complexity index is 2200. The molecule has 0 aliphatic heterocycles. The Kier molecular flexibility index (Phi) is 27.5. The van der Waals surface area contributed by atoms with Gasteiger partial charge in [0.1, 0.15) is 36.6 Å². The van der Waals surface area contributed by atoms with Gasteiger partial charge >= 0.3 is 35.8 Å². The fourth-order valence-electron chi connectivity index (χ4n) is 6.67. The van der Waals surface area contributed by atoms with Gasteiger partial charge in [0, 0.05) is 18.2 Å². The second kappa shape index (κ2) is 33.9. The van der Waals surface area contributed by atoms with Crippen LogP contribution in [0.3, 0.4) is 0 Å². The van der Waals surface area contributed by atoms with Crippen LogP contribution in [0.5, 0.6) is 17.2 Å². The van der Waals surface area contributed by atoms with Crippen molar-refractivity contribution in [2.24, 2.45) is 16.9 Å². The lowest BCUT2D eigenvalue weighted by Crippen LogP contribution is -2.20. The molecule has 2 N–H and O–H groups in total. The molecule has 3 aromatic rings. The van der Waals surface area contributed by atoms with E-state index in [1.165, 1.54) is 37.3 Å². The van der Waals surface area contributed by atoms with E-state index in [0.29, 0.717) is 49.2 Å². The van der Waals surface area contributed by atoms with Gasteiger partial charge in [0.25, 0.3) is 0 Å². The number of esters is 6. The van der Waals surface area contributed by atoms with Crippen LogP contribution in [-0.4, -0.2) is 87.8 Å². The first kappa shape index (κ1) is 56.8. The predicted octanol–water partition coefficient (Wildman–Crippen LogP) is 9.40. The Balaban J connectivity index is 0.000000385. The van der Waals surface area contributed by atoms with Crippen LogP contribution < -0.4 is 20.1 Å². The lowest BCUT2D eigenvalue weighted by Gasteiger charge is -2.22. The summed E-state index contributed by atoms with van der Waals surface area (Å²) in [5.41, 5.74) is 0.889. The molecule has 1 aliphatic carbocycles. The van der Waals surface area contributed by atoms with Crippen molar-refractivity contribution in [2.75, 3.05) is 39.6 Å². The molecule has 70 heavy (non-hydrogen) atoms. The average Bonchev–Trinajstić information content (AvgIpc) is 3.38. The van der Waals surface area contributed by atoms with Crippen molar-refractivity contribution in [3.8, 4) is 17.2 Å². The maximum Gasteiger partial charge on any atom is 0.344 e. The van der Waals surface area contributed by atoms with E-state index >= 15 is 0 Å². The van der Waals surface area contributed by atoms with Crippen LogP contribution in [0, 0.1) is 5.92 Å². The summed E-state index contributed by atoms with van der Waals surface area (Å²) >= 11 is 0. The van der Waals surface area contributed by atoms with Crippen molar-refractivity contribution in [1.29, 1.82) is 0 Å². The number of carbonyl (C=O) groups is 6. The molecular weight excluding hydrogens is 901 g/mol. The van der Waals surface area contributed by atoms with Crippen LogP contribution in [-0.2, 0) is 38.1 Å². The van der Waals surface area contributed by atoms with Gasteiger partial charge in [-0.2, -0.15) is 5.10 Å². The number of ether oxygens (including phenoxy) is 8. The number of nitrogens with zero attached hydrogens (tertiary/aromatic N) is 1. The fourth-order valence-corrected chi connectivity index (χ4v) is 6.67. The molecule has 376 valence electrons. The third-order valence-electron chi connectivity index (χ3n) is 10.3. The van der Waals surface area contributed by atoms with E-state index in [0.717, 1.165) is 82.1 Å². The number of benzene rings is 3. The Labute approximate surface area is 410 Å². The van der Waals surface area contributed by atoms with Gasteiger partial charge in [-0.25, -0.2) is 28.8 Å². The molecule has 0 heterocycles. The molecule has 16 heteroatoms. The molecule has 1 aliphatic rings. The molecule has 0 saturated carbocycles. The zero-order valence-electron chi connectivity index (χ0n) is 40.1. The van der Waals surface area contributed by atoms with Crippen molar-refractivity contribution in [2.45, 2.75) is 90.1 Å². The van der Waals surface area contributed by atoms with Crippen LogP contribution in [0.25, 0.3) is 0 Å². The van der Waals surface area contributed by atoms with E-state index in [-0.39, 0.29) is 48.1 Å². The van der Waals surface area contributed by atoms with Crippen molar-refractivity contribution >= 4 is 42.0 Å². The summed E-state index contributed by atoms with van der Waals surface area (Å²) in [6.07, 6.45) is 20.2. The topological polar surface area (TPSA) is 215 Å². The predicted molar refractivity (Wildman–Crippen MR) is 264 cm³/mol. The highest BCUT2D eigenvalue weighted by Crippen LogP contribution is 2.25. The molecule has 0 aromatic heterocycles. The highest BCUT2D eigenvalue weighted by molar-refractivity contribution is 6.05. The van der Waals surface area contributed by atoms with Gasteiger partial charge in [-0.3, -0.25) is 0 Å². The van der Waals surface area contributed by atoms with Crippen LogP contribution in [0.4, 0.5) is 0 Å². The molecule has 0 radical (unpaired) electrons. The number of rotatable bonds is 30. The van der Waals surface area contributed by atoms with Gasteiger partial charge in [-0.05, 0) is 149 Å². The number of carbonyl (C=O) groups excluding carboxylic acids is 6. The summed E-state index contributed by atoms with van der Waals surface area (Å²) in [5.74, 6) is 4.06. The summed E-state index contributed by atoms with van der Waals surface area (Å²) in [6, 6.07) is 17.9. The zero-order chi connectivity index (χ0) is 50.8. The lowest BCUT2D eigenvalue weighted by molar-refractivity contribution is -0.139. The SMILES string of the molecule is C=CC(=O)OCCCCCCOc1ccc(C(=O)OC2C=CC(CCC)CC2)cc1.C=CC(=O)OCCCCCCOc1ccc(OC(=O)c2ccc(/C=N/N)cc2C(=O)OCCOC(=O)C=C)cc1. The van der Waals surface area contributed by atoms with Gasteiger partial charge in [0.2, 0.25) is 0 Å². The molecule has 2 unspecified atom stereocenters. The fraction of sp³-hybridized carbons (Fsp3) is 0.389. The number of hydrogen-bond donors (Lipinski definition) is 1. The summed E-state index contributed by atoms with van der Waals surface area (Å²) in [6.45, 7) is 13.7. The van der Waals surface area contributed by atoms with E-state index in [4.69, 9.17) is 43.7 Å². The third kappa shape index (κ3) is 23.0. The van der Waals surface area contributed by atoms with Gasteiger partial charge < -0.3 is 43.7 Å². The molecule has 0 amide bonds. The second-order valence-corrected chi connectivity index (χ2v) is 15.7. The van der Waals surface area contributed by atoms with E-state index in [1.807, 2.05) is 6.08 Å². The van der Waals surface area contributed by atoms with Gasteiger partial charge in [-0.15, -0.1) is 0 Å². The molecule has 3 aromatic carbocycles. The van der Waals surface area contributed by atoms with Crippen LogP contribution in [0.15, 0.2) is 122 Å². The minimum atomic E-state index is -0.824. The standard InChI is InChI=1S/C29H32N2O9.C25H34O5/c1-3-26(32)37-16-8-6-5-7-15-36-22-10-12-23(13-11-22)40-29(35)24-14-9-21(20-31-30)19-25(24)28(34)39-18-17-38-27(33)4-2;1-3-9-20-10-14-23(15-11-20)30-25(27)21-12-16-22(17-13-21)28-18-7-5-6-8-19-29-24(26)4-2/h3-4,9-14,19-20H,1-2,5-8,15-18,30H2;4,10,12-14,16-17,20,23H,2-3,5-9,11,15,18-19H2,1H3/b31-20+;. The van der Waals surface area contributed by atoms with Crippen LogP contribution in [0.1, 0.15) is 121 Å². The third-order valence-corrected chi connectivity index (χ3v) is 10.3. The Morgan fingerprint density at radius 1 is 0.571 bits per heavy atom. The van der Waals surface area contributed by atoms with E-state index in [2.05, 4.69) is 37.8 Å². The first-order valence-corrected chi connectivity index (χ1v) is 23.5. The number of unbranched alkanes of at least 4 members (excludes halogenated alkanes) is 6. The second-order valence-electron chi connectivity index (χ2n) is 15.7. The number of hydrogen-bond acceptors (Lipinski definition) is 16. The Hall–Kier alpha value is -7.49. The molecule has 0 spiro atoms. The van der Waals surface area contributed by atoms with E-state index in [1.54, 1.807) is 54.6 Å². The van der Waals surface area contributed by atoms with Gasteiger partial charge in [-0.1, -0.05) is 45.2 Å². The van der Waals surface area contributed by atoms with Gasteiger partial charge in [0.15, 0.2) is 0 Å². The van der Waals surface area contributed by atoms with Crippen LogP contribution >= 0.6 is 0 Å². The van der Waals surface area contributed by atoms with Crippen molar-refractivity contribution in [3.05, 3.63) is 139 Å². The molecule has 0 bridgehead atoms. The maximum absolute atomic E-state index is 12.9. The number of hydrazone groups is 1. The molecule has 2 atom stereocenters. The van der Waals surface area contributed by atoms with Crippen molar-refractivity contribution in [1.82, 2.24) is 0 Å². The largest absolute Gasteiger partial charge is 0.494 e. The Morgan fingerprint density at radius 3 is 1.60 bits per heavy atom. The molecule has 0 saturated heterocycles. The normalized spacial score (nSPS) is 13.6. The molecule has 16 nitrogen and oxygen atoms in total. The highest BCUT2D eigenvalue weighted by Gasteiger charge is 2.22. The minimum Gasteiger partial charge on any atom is -0.494 e. The summed E-state index contributed by atoms with van der Waals surface area (Å²) in [4.78, 5) is 70.9. The Morgan fingerprint density at radius 2 is 1.09 bits per heavy atom. The monoisotopic (exact) mass is 966 g/mol. The number of allylic oxidation sites excluding steroid dienone is 1. The summed E-state index contributed by atoms with van der Waals surface area (Å²) in [7, 11) is 0. The lowest BCUT2D eigenvalue weighted by atomic mass is 9.91. The summed E-state index contributed by atoms with van der Waals surface area (Å²) in [5, 5.41) is 3.42. The zero-order valence-corrected chi connectivity index (χ0v) is 40.1. The minimum absolute atomic E-state index is 0.0400. The molecule has 0 fully saturated rings. The molecule has 4 rings (SSSR count). The van der Waals surface area contributed by atoms with Crippen molar-refractivity contribution < 1.29 is 66.7 Å². The quantitative estimate of drug-likeness (QED) is 0.00758. The smallest absolute Gasteiger partial charge is 0.344 e. The van der Waals surface area contributed by atoms with Gasteiger partial charge in [0.05, 0.1) is 49.3 Å². The van der Waals surface area contributed by atoms with Crippen molar-refractivity contribution in [3.63, 3.8) is 0 Å². The highest BCUT2D eigenvalue weighted by atomic mass is 16.6. The van der Waals surface area contributed by atoms with Crippen LogP contribution in [0.2, 0.25) is 0 Å². The average molecular weight is 967 g/mol. The van der Waals surface area contributed by atoms with E-state index in [9.17, 15) is 28.8 Å². The first-order valence-electron chi connectivity index (χ1n) is 23.5. The number of nitrogens with two attached hydrogens (primary N) is 1. The molecular formula is C54H66N2O14. The first-order chi connectivity index (χ1) is 34.0. The maximum atomic E-state index is 12.9. The summed E-state index contributed by atoms with van der Waals surface area (Å²) < 4.78 is 42.2.